The first-order valence-corrected chi connectivity index (χ1v) is 7.68. The molecule has 5 heteroatoms. The van der Waals surface area contributed by atoms with E-state index in [2.05, 4.69) is 0 Å². The zero-order valence-electron chi connectivity index (χ0n) is 12.7. The first-order valence-electron chi connectivity index (χ1n) is 7.68. The van der Waals surface area contributed by atoms with E-state index in [0.717, 1.165) is 24.3 Å². The minimum absolute atomic E-state index is 0.0623. The number of rotatable bonds is 5. The molecule has 0 unspecified atom stereocenters. The Bertz CT molecular complexity index is 642. The van der Waals surface area contributed by atoms with Crippen LogP contribution in [0.25, 0.3) is 0 Å². The van der Waals surface area contributed by atoms with Crippen molar-refractivity contribution in [3.8, 4) is 17.2 Å². The van der Waals surface area contributed by atoms with Gasteiger partial charge in [0.1, 0.15) is 23.9 Å². The minimum atomic E-state index is -0.872. The second-order valence-corrected chi connectivity index (χ2v) is 5.47. The molecule has 5 nitrogen and oxygen atoms in total. The van der Waals surface area contributed by atoms with Crippen LogP contribution in [-0.4, -0.2) is 35.3 Å². The first-order chi connectivity index (χ1) is 11.2. The average Bonchev–Trinajstić information content (AvgIpc) is 3.04. The summed E-state index contributed by atoms with van der Waals surface area (Å²) in [5.74, 6) is 2.23. The van der Waals surface area contributed by atoms with Gasteiger partial charge >= 0.3 is 6.09 Å². The van der Waals surface area contributed by atoms with Crippen LogP contribution in [0.2, 0.25) is 0 Å². The van der Waals surface area contributed by atoms with Crippen LogP contribution in [0.15, 0.2) is 54.6 Å². The van der Waals surface area contributed by atoms with Gasteiger partial charge in [0.15, 0.2) is 0 Å². The van der Waals surface area contributed by atoms with Gasteiger partial charge in [0.2, 0.25) is 0 Å². The molecule has 1 amide bonds. The Labute approximate surface area is 135 Å². The number of carboxylic acid groups (broad SMARTS) is 1. The molecule has 0 saturated carbocycles. The largest absolute Gasteiger partial charge is 0.491 e. The SMILES string of the molecule is O=C(O)N1CCC[C@@H]1COc1ccc(Oc2ccccc2)cc1. The van der Waals surface area contributed by atoms with Gasteiger partial charge < -0.3 is 19.5 Å². The zero-order chi connectivity index (χ0) is 16.1. The highest BCUT2D eigenvalue weighted by atomic mass is 16.5. The summed E-state index contributed by atoms with van der Waals surface area (Å²) in [5.41, 5.74) is 0. The van der Waals surface area contributed by atoms with Crippen LogP contribution < -0.4 is 9.47 Å². The summed E-state index contributed by atoms with van der Waals surface area (Å²) >= 11 is 0. The van der Waals surface area contributed by atoms with Crippen LogP contribution >= 0.6 is 0 Å². The molecule has 3 rings (SSSR count). The molecule has 1 saturated heterocycles. The van der Waals surface area contributed by atoms with Gasteiger partial charge in [-0.1, -0.05) is 18.2 Å². The van der Waals surface area contributed by atoms with Gasteiger partial charge in [0.05, 0.1) is 6.04 Å². The molecule has 0 spiro atoms. The van der Waals surface area contributed by atoms with Crippen LogP contribution in [0, 0.1) is 0 Å². The van der Waals surface area contributed by atoms with Crippen LogP contribution in [0.4, 0.5) is 4.79 Å². The first kappa shape index (κ1) is 15.2. The number of hydrogen-bond acceptors (Lipinski definition) is 3. The Morgan fingerprint density at radius 3 is 2.39 bits per heavy atom. The second-order valence-electron chi connectivity index (χ2n) is 5.47. The van der Waals surface area contributed by atoms with Crippen molar-refractivity contribution in [2.75, 3.05) is 13.2 Å². The third kappa shape index (κ3) is 3.94. The summed E-state index contributed by atoms with van der Waals surface area (Å²) in [7, 11) is 0. The van der Waals surface area contributed by atoms with Gasteiger partial charge in [-0.15, -0.1) is 0 Å². The van der Waals surface area contributed by atoms with Gasteiger partial charge in [-0.25, -0.2) is 4.79 Å². The maximum Gasteiger partial charge on any atom is 0.407 e. The van der Waals surface area contributed by atoms with Crippen molar-refractivity contribution in [1.82, 2.24) is 4.90 Å². The summed E-state index contributed by atoms with van der Waals surface area (Å²) in [5, 5.41) is 9.11. The topological polar surface area (TPSA) is 59.0 Å². The highest BCUT2D eigenvalue weighted by Gasteiger charge is 2.28. The smallest absolute Gasteiger partial charge is 0.407 e. The summed E-state index contributed by atoms with van der Waals surface area (Å²) in [6.45, 7) is 0.971. The molecule has 120 valence electrons. The quantitative estimate of drug-likeness (QED) is 0.906. The summed E-state index contributed by atoms with van der Waals surface area (Å²) < 4.78 is 11.4. The molecule has 1 aliphatic rings. The number of likely N-dealkylation sites (tertiary alicyclic amines) is 1. The Morgan fingerprint density at radius 1 is 1.04 bits per heavy atom. The van der Waals surface area contributed by atoms with Gasteiger partial charge in [-0.3, -0.25) is 0 Å². The molecule has 0 aromatic heterocycles. The monoisotopic (exact) mass is 313 g/mol. The van der Waals surface area contributed by atoms with Crippen molar-refractivity contribution in [2.45, 2.75) is 18.9 Å². The van der Waals surface area contributed by atoms with E-state index in [4.69, 9.17) is 14.6 Å². The molecule has 1 fully saturated rings. The molecular formula is C18H19NO4. The molecule has 2 aromatic rings. The van der Waals surface area contributed by atoms with E-state index in [1.165, 1.54) is 4.90 Å². The predicted octanol–water partition coefficient (Wildman–Crippen LogP) is 4.00. The van der Waals surface area contributed by atoms with Crippen LogP contribution in [0.1, 0.15) is 12.8 Å². The summed E-state index contributed by atoms with van der Waals surface area (Å²) in [6.07, 6.45) is 0.869. The third-order valence-corrected chi connectivity index (χ3v) is 3.87. The molecule has 2 aromatic carbocycles. The fourth-order valence-corrected chi connectivity index (χ4v) is 2.68. The summed E-state index contributed by atoms with van der Waals surface area (Å²) in [6, 6.07) is 16.8. The lowest BCUT2D eigenvalue weighted by molar-refractivity contribution is 0.123. The summed E-state index contributed by atoms with van der Waals surface area (Å²) in [4.78, 5) is 12.5. The number of ether oxygens (including phenoxy) is 2. The van der Waals surface area contributed by atoms with E-state index in [1.54, 1.807) is 0 Å². The lowest BCUT2D eigenvalue weighted by Crippen LogP contribution is -2.37. The second kappa shape index (κ2) is 7.05. The standard InChI is InChI=1S/C18H19NO4/c20-18(21)19-12-4-5-14(19)13-22-15-8-10-17(11-9-15)23-16-6-2-1-3-7-16/h1-3,6-11,14H,4-5,12-13H2,(H,20,21)/t14-/m1/s1. The molecule has 0 aliphatic carbocycles. The van der Waals surface area contributed by atoms with E-state index in [9.17, 15) is 4.79 Å². The van der Waals surface area contributed by atoms with Gasteiger partial charge in [0, 0.05) is 6.54 Å². The van der Waals surface area contributed by atoms with Crippen molar-refractivity contribution in [2.24, 2.45) is 0 Å². The number of para-hydroxylation sites is 1. The Hall–Kier alpha value is -2.69. The van der Waals surface area contributed by atoms with Crippen molar-refractivity contribution < 1.29 is 19.4 Å². The fraction of sp³-hybridized carbons (Fsp3) is 0.278. The van der Waals surface area contributed by atoms with E-state index in [0.29, 0.717) is 18.9 Å². The van der Waals surface area contributed by atoms with Gasteiger partial charge in [0.25, 0.3) is 0 Å². The number of benzene rings is 2. The number of hydrogen-bond donors (Lipinski definition) is 1. The Kier molecular flexibility index (Phi) is 4.66. The highest BCUT2D eigenvalue weighted by molar-refractivity contribution is 5.65. The molecule has 1 atom stereocenters. The van der Waals surface area contributed by atoms with Crippen LogP contribution in [0.3, 0.4) is 0 Å². The van der Waals surface area contributed by atoms with Gasteiger partial charge in [-0.2, -0.15) is 0 Å². The lowest BCUT2D eigenvalue weighted by atomic mass is 10.2. The highest BCUT2D eigenvalue weighted by Crippen LogP contribution is 2.24. The number of nitrogens with zero attached hydrogens (tertiary/aromatic N) is 1. The molecule has 23 heavy (non-hydrogen) atoms. The average molecular weight is 313 g/mol. The maximum atomic E-state index is 11.1. The van der Waals surface area contributed by atoms with E-state index in [1.807, 2.05) is 54.6 Å². The van der Waals surface area contributed by atoms with Gasteiger partial charge in [-0.05, 0) is 49.2 Å². The molecular weight excluding hydrogens is 294 g/mol. The molecule has 1 N–H and O–H groups in total. The zero-order valence-corrected chi connectivity index (χ0v) is 12.7. The van der Waals surface area contributed by atoms with Crippen molar-refractivity contribution in [3.63, 3.8) is 0 Å². The van der Waals surface area contributed by atoms with Crippen molar-refractivity contribution in [1.29, 1.82) is 0 Å². The fourth-order valence-electron chi connectivity index (χ4n) is 2.68. The molecule has 0 bridgehead atoms. The van der Waals surface area contributed by atoms with Crippen molar-refractivity contribution >= 4 is 6.09 Å². The predicted molar refractivity (Wildman–Crippen MR) is 86.2 cm³/mol. The maximum absolute atomic E-state index is 11.1. The van der Waals surface area contributed by atoms with Crippen LogP contribution in [0.5, 0.6) is 17.2 Å². The molecule has 1 aliphatic heterocycles. The Morgan fingerprint density at radius 2 is 1.70 bits per heavy atom. The molecule has 1 heterocycles. The third-order valence-electron chi connectivity index (χ3n) is 3.87. The lowest BCUT2D eigenvalue weighted by Gasteiger charge is -2.21. The van der Waals surface area contributed by atoms with Crippen LogP contribution in [-0.2, 0) is 0 Å². The van der Waals surface area contributed by atoms with E-state index < -0.39 is 6.09 Å². The molecule has 0 radical (unpaired) electrons. The Balaban J connectivity index is 1.54. The number of amides is 1. The normalized spacial score (nSPS) is 17.0. The minimum Gasteiger partial charge on any atom is -0.491 e. The van der Waals surface area contributed by atoms with Crippen molar-refractivity contribution in [3.05, 3.63) is 54.6 Å². The van der Waals surface area contributed by atoms with E-state index in [-0.39, 0.29) is 6.04 Å². The van der Waals surface area contributed by atoms with E-state index >= 15 is 0 Å². The number of carbonyl (C=O) groups is 1.